The lowest BCUT2D eigenvalue weighted by Crippen LogP contribution is -2.34. The van der Waals surface area contributed by atoms with Gasteiger partial charge in [0, 0.05) is 36.4 Å². The first-order valence-corrected chi connectivity index (χ1v) is 9.43. The Morgan fingerprint density at radius 1 is 1.37 bits per heavy atom. The number of hydrogen-bond donors (Lipinski definition) is 2. The average molecular weight is 415 g/mol. The third-order valence-electron chi connectivity index (χ3n) is 5.28. The van der Waals surface area contributed by atoms with E-state index in [1.807, 2.05) is 0 Å². The molecule has 7 nitrogen and oxygen atoms in total. The number of amides is 1. The molecule has 0 fully saturated rings. The van der Waals surface area contributed by atoms with E-state index in [1.165, 1.54) is 6.07 Å². The number of fused-ring (bicyclic) bond motifs is 3. The van der Waals surface area contributed by atoms with E-state index in [1.54, 1.807) is 13.1 Å². The predicted octanol–water partition coefficient (Wildman–Crippen LogP) is 2.61. The van der Waals surface area contributed by atoms with Gasteiger partial charge in [-0.1, -0.05) is 6.07 Å². The summed E-state index contributed by atoms with van der Waals surface area (Å²) in [5.41, 5.74) is 0.968. The number of nitrogens with one attached hydrogen (secondary N) is 1. The lowest BCUT2D eigenvalue weighted by atomic mass is 9.97. The topological polar surface area (TPSA) is 93.5 Å². The summed E-state index contributed by atoms with van der Waals surface area (Å²) in [5.74, 6) is -2.32. The number of benzene rings is 1. The Labute approximate surface area is 169 Å². The average Bonchev–Trinajstić information content (AvgIpc) is 2.96. The summed E-state index contributed by atoms with van der Waals surface area (Å²) in [4.78, 5) is 29.7. The minimum Gasteiger partial charge on any atom is -0.423 e. The molecule has 0 radical (unpaired) electrons. The van der Waals surface area contributed by atoms with E-state index in [2.05, 4.69) is 10.3 Å². The van der Waals surface area contributed by atoms with Crippen molar-refractivity contribution in [2.75, 3.05) is 6.61 Å². The molecule has 30 heavy (non-hydrogen) atoms. The van der Waals surface area contributed by atoms with E-state index in [9.17, 15) is 23.6 Å². The number of ether oxygens (including phenoxy) is 1. The number of nitrogens with zero attached hydrogens (tertiary/aromatic N) is 2. The van der Waals surface area contributed by atoms with Crippen molar-refractivity contribution >= 4 is 16.9 Å². The lowest BCUT2D eigenvalue weighted by molar-refractivity contribution is 0.0942. The molecule has 156 valence electrons. The summed E-state index contributed by atoms with van der Waals surface area (Å²) < 4.78 is 32.9. The Balaban J connectivity index is 1.77. The number of carbonyl (C=O) groups excluding carboxylic acids is 1. The van der Waals surface area contributed by atoms with Crippen molar-refractivity contribution in [1.29, 1.82) is 0 Å². The normalized spacial score (nSPS) is 13.7. The molecule has 0 spiro atoms. The Hall–Kier alpha value is -3.33. The highest BCUT2D eigenvalue weighted by atomic mass is 19.1. The molecule has 3 aromatic rings. The van der Waals surface area contributed by atoms with Crippen LogP contribution in [0.25, 0.3) is 11.0 Å². The molecule has 3 heterocycles. The SMILES string of the molecule is Cc1c(C(=O)NCc2ccc(F)cc2F)c(=O)n(O)c2ncc3c(c12)COCCC3. The zero-order chi connectivity index (χ0) is 21.4. The molecule has 1 aliphatic rings. The Morgan fingerprint density at radius 2 is 2.17 bits per heavy atom. The van der Waals surface area contributed by atoms with Crippen molar-refractivity contribution in [1.82, 2.24) is 15.0 Å². The van der Waals surface area contributed by atoms with E-state index < -0.39 is 23.1 Å². The maximum Gasteiger partial charge on any atom is 0.298 e. The molecular weight excluding hydrogens is 396 g/mol. The van der Waals surface area contributed by atoms with Gasteiger partial charge in [0.15, 0.2) is 5.65 Å². The second-order valence-electron chi connectivity index (χ2n) is 7.15. The van der Waals surface area contributed by atoms with Crippen LogP contribution < -0.4 is 10.9 Å². The van der Waals surface area contributed by atoms with Gasteiger partial charge in [-0.3, -0.25) is 9.59 Å². The van der Waals surface area contributed by atoms with Crippen LogP contribution in [-0.4, -0.2) is 27.4 Å². The van der Waals surface area contributed by atoms with E-state index in [0.29, 0.717) is 28.4 Å². The minimum absolute atomic E-state index is 0.0443. The van der Waals surface area contributed by atoms with Gasteiger partial charge in [0.05, 0.1) is 6.61 Å². The van der Waals surface area contributed by atoms with Crippen LogP contribution in [0, 0.1) is 18.6 Å². The molecule has 1 aromatic carbocycles. The van der Waals surface area contributed by atoms with E-state index >= 15 is 0 Å². The number of rotatable bonds is 3. The molecule has 1 amide bonds. The third kappa shape index (κ3) is 3.41. The number of hydrogen-bond acceptors (Lipinski definition) is 5. The summed E-state index contributed by atoms with van der Waals surface area (Å²) in [6, 6.07) is 3.00. The van der Waals surface area contributed by atoms with Gasteiger partial charge in [-0.05, 0) is 42.5 Å². The second-order valence-corrected chi connectivity index (χ2v) is 7.15. The van der Waals surface area contributed by atoms with Crippen LogP contribution >= 0.6 is 0 Å². The molecular formula is C21H19F2N3O4. The predicted molar refractivity (Wildman–Crippen MR) is 103 cm³/mol. The van der Waals surface area contributed by atoms with Gasteiger partial charge < -0.3 is 15.3 Å². The van der Waals surface area contributed by atoms with Gasteiger partial charge in [0.2, 0.25) is 0 Å². The minimum atomic E-state index is -0.931. The van der Waals surface area contributed by atoms with Gasteiger partial charge in [0.25, 0.3) is 11.5 Å². The molecule has 0 saturated heterocycles. The molecule has 1 aliphatic heterocycles. The van der Waals surface area contributed by atoms with Crippen molar-refractivity contribution in [3.63, 3.8) is 0 Å². The standard InChI is InChI=1S/C21H19F2N3O4/c1-11-17-15-10-30-6-2-3-12(15)8-24-19(17)26(29)21(28)18(11)20(27)25-9-13-4-5-14(22)7-16(13)23/h4-5,7-8,29H,2-3,6,9-10H2,1H3,(H,25,27). The molecule has 0 unspecified atom stereocenters. The van der Waals surface area contributed by atoms with E-state index in [4.69, 9.17) is 4.74 Å². The second kappa shape index (κ2) is 7.83. The van der Waals surface area contributed by atoms with Crippen molar-refractivity contribution in [2.24, 2.45) is 0 Å². The highest BCUT2D eigenvalue weighted by molar-refractivity contribution is 6.00. The van der Waals surface area contributed by atoms with Gasteiger partial charge in [-0.25, -0.2) is 13.8 Å². The smallest absolute Gasteiger partial charge is 0.298 e. The van der Waals surface area contributed by atoms with Gasteiger partial charge in [-0.15, -0.1) is 4.73 Å². The molecule has 0 aliphatic carbocycles. The van der Waals surface area contributed by atoms with Crippen LogP contribution in [0.2, 0.25) is 0 Å². The van der Waals surface area contributed by atoms with Crippen LogP contribution in [-0.2, 0) is 24.3 Å². The molecule has 2 N–H and O–H groups in total. The van der Waals surface area contributed by atoms with Crippen molar-refractivity contribution < 1.29 is 23.5 Å². The monoisotopic (exact) mass is 415 g/mol. The number of aromatic nitrogens is 2. The molecule has 0 atom stereocenters. The Kier molecular flexibility index (Phi) is 5.21. The highest BCUT2D eigenvalue weighted by Crippen LogP contribution is 2.27. The fraction of sp³-hybridized carbons (Fsp3) is 0.286. The van der Waals surface area contributed by atoms with Crippen LogP contribution in [0.15, 0.2) is 29.2 Å². The summed E-state index contributed by atoms with van der Waals surface area (Å²) in [6.07, 6.45) is 3.15. The van der Waals surface area contributed by atoms with Gasteiger partial charge >= 0.3 is 0 Å². The van der Waals surface area contributed by atoms with Gasteiger partial charge in [-0.2, -0.15) is 0 Å². The molecule has 4 rings (SSSR count). The Morgan fingerprint density at radius 3 is 2.93 bits per heavy atom. The quantitative estimate of drug-likeness (QED) is 0.642. The largest absolute Gasteiger partial charge is 0.423 e. The van der Waals surface area contributed by atoms with E-state index in [-0.39, 0.29) is 29.9 Å². The molecule has 2 aromatic heterocycles. The fourth-order valence-corrected chi connectivity index (χ4v) is 3.73. The summed E-state index contributed by atoms with van der Waals surface area (Å²) in [6.45, 7) is 2.20. The van der Waals surface area contributed by atoms with Crippen molar-refractivity contribution in [2.45, 2.75) is 32.9 Å². The first kappa shape index (κ1) is 20.0. The van der Waals surface area contributed by atoms with Crippen LogP contribution in [0.5, 0.6) is 0 Å². The van der Waals surface area contributed by atoms with Crippen LogP contribution in [0.1, 0.15) is 39.0 Å². The molecule has 0 saturated carbocycles. The highest BCUT2D eigenvalue weighted by Gasteiger charge is 2.24. The number of aryl methyl sites for hydroxylation is 2. The number of halogens is 2. The third-order valence-corrected chi connectivity index (χ3v) is 5.28. The van der Waals surface area contributed by atoms with E-state index in [0.717, 1.165) is 30.0 Å². The summed E-state index contributed by atoms with van der Waals surface area (Å²) >= 11 is 0. The number of pyridine rings is 2. The maximum absolute atomic E-state index is 13.8. The zero-order valence-corrected chi connectivity index (χ0v) is 16.2. The summed E-state index contributed by atoms with van der Waals surface area (Å²) in [5, 5.41) is 13.3. The van der Waals surface area contributed by atoms with Crippen LogP contribution in [0.3, 0.4) is 0 Å². The number of carbonyl (C=O) groups is 1. The summed E-state index contributed by atoms with van der Waals surface area (Å²) in [7, 11) is 0. The van der Waals surface area contributed by atoms with Crippen molar-refractivity contribution in [3.8, 4) is 0 Å². The van der Waals surface area contributed by atoms with Gasteiger partial charge in [0.1, 0.15) is 17.2 Å². The maximum atomic E-state index is 13.8. The lowest BCUT2D eigenvalue weighted by Gasteiger charge is -2.16. The Bertz CT molecular complexity index is 1220. The molecule has 9 heteroatoms. The fourth-order valence-electron chi connectivity index (χ4n) is 3.73. The van der Waals surface area contributed by atoms with Crippen LogP contribution in [0.4, 0.5) is 8.78 Å². The first-order valence-electron chi connectivity index (χ1n) is 9.43. The first-order chi connectivity index (χ1) is 14.4. The zero-order valence-electron chi connectivity index (χ0n) is 16.2. The molecule has 0 bridgehead atoms. The van der Waals surface area contributed by atoms with Crippen molar-refractivity contribution in [3.05, 3.63) is 74.2 Å².